The monoisotopic (exact) mass is 261 g/mol. The van der Waals surface area contributed by atoms with Gasteiger partial charge in [0.1, 0.15) is 5.78 Å². The van der Waals surface area contributed by atoms with E-state index in [1.165, 1.54) is 4.70 Å². The number of hydrogen-bond acceptors (Lipinski definition) is 3. The predicted octanol–water partition coefficient (Wildman–Crippen LogP) is 4.19. The van der Waals surface area contributed by atoms with Gasteiger partial charge in [-0.3, -0.25) is 4.79 Å². The molecule has 0 amide bonds. The molecule has 0 saturated carbocycles. The molecule has 0 aliphatic carbocycles. The fourth-order valence-corrected chi connectivity index (χ4v) is 3.02. The fraction of sp³-hybridized carbons (Fsp3) is 0.467. The van der Waals surface area contributed by atoms with Crippen LogP contribution in [-0.4, -0.2) is 10.8 Å². The summed E-state index contributed by atoms with van der Waals surface area (Å²) in [4.78, 5) is 16.8. The van der Waals surface area contributed by atoms with Crippen LogP contribution >= 0.6 is 11.3 Å². The second-order valence-electron chi connectivity index (χ2n) is 5.24. The highest BCUT2D eigenvalue weighted by Crippen LogP contribution is 2.33. The number of benzene rings is 1. The van der Waals surface area contributed by atoms with Crippen molar-refractivity contribution in [3.05, 3.63) is 29.3 Å². The van der Waals surface area contributed by atoms with Gasteiger partial charge in [0.15, 0.2) is 0 Å². The van der Waals surface area contributed by atoms with Crippen molar-refractivity contribution in [3.8, 4) is 0 Å². The van der Waals surface area contributed by atoms with E-state index in [0.29, 0.717) is 5.78 Å². The second kappa shape index (κ2) is 4.81. The highest BCUT2D eigenvalue weighted by molar-refractivity contribution is 7.16. The van der Waals surface area contributed by atoms with Gasteiger partial charge in [-0.05, 0) is 31.0 Å². The lowest BCUT2D eigenvalue weighted by molar-refractivity contribution is -0.127. The Balaban J connectivity index is 2.51. The van der Waals surface area contributed by atoms with Crippen molar-refractivity contribution < 1.29 is 4.79 Å². The Hall–Kier alpha value is -1.22. The van der Waals surface area contributed by atoms with E-state index < -0.39 is 5.41 Å². The van der Waals surface area contributed by atoms with Crippen LogP contribution < -0.4 is 0 Å². The first-order valence-corrected chi connectivity index (χ1v) is 7.25. The molecule has 2 nitrogen and oxygen atoms in total. The molecule has 2 rings (SSSR count). The Kier molecular flexibility index (Phi) is 3.53. The van der Waals surface area contributed by atoms with Gasteiger partial charge >= 0.3 is 0 Å². The van der Waals surface area contributed by atoms with Crippen molar-refractivity contribution in [1.82, 2.24) is 4.98 Å². The average Bonchev–Trinajstić information content (AvgIpc) is 2.83. The summed E-state index contributed by atoms with van der Waals surface area (Å²) in [5, 5.41) is 0. The van der Waals surface area contributed by atoms with Crippen LogP contribution in [0.4, 0.5) is 0 Å². The summed E-state index contributed by atoms with van der Waals surface area (Å²) in [6.45, 7) is 8.06. The minimum absolute atomic E-state index is 0.0566. The Morgan fingerprint density at radius 2 is 2.17 bits per heavy atom. The molecule has 3 heteroatoms. The smallest absolute Gasteiger partial charge is 0.145 e. The quantitative estimate of drug-likeness (QED) is 0.826. The summed E-state index contributed by atoms with van der Waals surface area (Å²) in [5.74, 6) is 0.362. The number of thiazole rings is 1. The van der Waals surface area contributed by atoms with E-state index in [1.54, 1.807) is 11.3 Å². The maximum Gasteiger partial charge on any atom is 0.145 e. The standard InChI is InChI=1S/C15H19NOS/c1-5-15(4,14(17)10(2)3)11-6-7-13-12(8-11)16-9-18-13/h6-10H,5H2,1-4H3. The summed E-state index contributed by atoms with van der Waals surface area (Å²) in [7, 11) is 0. The lowest BCUT2D eigenvalue weighted by Gasteiger charge is -2.29. The van der Waals surface area contributed by atoms with Crippen LogP contribution in [0.1, 0.15) is 39.7 Å². The van der Waals surface area contributed by atoms with Gasteiger partial charge in [0.2, 0.25) is 0 Å². The summed E-state index contributed by atoms with van der Waals surface area (Å²) in [6, 6.07) is 6.21. The molecule has 1 aromatic heterocycles. The van der Waals surface area contributed by atoms with Crippen LogP contribution in [0.25, 0.3) is 10.2 Å². The van der Waals surface area contributed by atoms with Gasteiger partial charge in [0, 0.05) is 5.92 Å². The molecule has 0 N–H and O–H groups in total. The zero-order chi connectivity index (χ0) is 13.3. The minimum atomic E-state index is -0.397. The van der Waals surface area contributed by atoms with Crippen LogP contribution in [0.2, 0.25) is 0 Å². The lowest BCUT2D eigenvalue weighted by Crippen LogP contribution is -2.35. The molecule has 0 radical (unpaired) electrons. The lowest BCUT2D eigenvalue weighted by atomic mass is 9.73. The summed E-state index contributed by atoms with van der Waals surface area (Å²) in [5.41, 5.74) is 3.53. The van der Waals surface area contributed by atoms with Gasteiger partial charge in [-0.1, -0.05) is 26.8 Å². The molecular weight excluding hydrogens is 242 g/mol. The van der Waals surface area contributed by atoms with E-state index in [1.807, 2.05) is 26.3 Å². The van der Waals surface area contributed by atoms with Crippen molar-refractivity contribution in [2.24, 2.45) is 5.92 Å². The molecule has 96 valence electrons. The van der Waals surface area contributed by atoms with Crippen LogP contribution in [-0.2, 0) is 10.2 Å². The Labute approximate surface area is 112 Å². The highest BCUT2D eigenvalue weighted by Gasteiger charge is 2.34. The molecule has 2 aromatic rings. The van der Waals surface area contributed by atoms with E-state index in [-0.39, 0.29) is 5.92 Å². The summed E-state index contributed by atoms with van der Waals surface area (Å²) in [6.07, 6.45) is 0.819. The molecule has 0 spiro atoms. The number of rotatable bonds is 4. The molecule has 1 heterocycles. The zero-order valence-electron chi connectivity index (χ0n) is 11.4. The van der Waals surface area contributed by atoms with Crippen molar-refractivity contribution in [2.75, 3.05) is 0 Å². The third-order valence-electron chi connectivity index (χ3n) is 3.74. The van der Waals surface area contributed by atoms with Crippen molar-refractivity contribution in [2.45, 2.75) is 39.5 Å². The zero-order valence-corrected chi connectivity index (χ0v) is 12.2. The largest absolute Gasteiger partial charge is 0.298 e. The third kappa shape index (κ3) is 2.07. The molecule has 0 aliphatic heterocycles. The molecule has 1 aromatic carbocycles. The number of ketones is 1. The number of aromatic nitrogens is 1. The van der Waals surface area contributed by atoms with Gasteiger partial charge in [-0.15, -0.1) is 11.3 Å². The van der Waals surface area contributed by atoms with E-state index in [0.717, 1.165) is 17.5 Å². The van der Waals surface area contributed by atoms with Gasteiger partial charge < -0.3 is 0 Å². The van der Waals surface area contributed by atoms with Crippen LogP contribution in [0, 0.1) is 5.92 Å². The number of carbonyl (C=O) groups excluding carboxylic acids is 1. The topological polar surface area (TPSA) is 30.0 Å². The fourth-order valence-electron chi connectivity index (χ4n) is 2.36. The second-order valence-corrected chi connectivity index (χ2v) is 6.13. The van der Waals surface area contributed by atoms with Gasteiger partial charge in [-0.25, -0.2) is 4.98 Å². The van der Waals surface area contributed by atoms with E-state index in [4.69, 9.17) is 0 Å². The molecule has 1 unspecified atom stereocenters. The number of Topliss-reactive ketones (excluding diaryl/α,β-unsaturated/α-hetero) is 1. The average molecular weight is 261 g/mol. The van der Waals surface area contributed by atoms with Gasteiger partial charge in [0.25, 0.3) is 0 Å². The molecule has 18 heavy (non-hydrogen) atoms. The third-order valence-corrected chi connectivity index (χ3v) is 4.55. The van der Waals surface area contributed by atoms with Crippen molar-refractivity contribution in [1.29, 1.82) is 0 Å². The van der Waals surface area contributed by atoms with Crippen LogP contribution in [0.15, 0.2) is 23.7 Å². The van der Waals surface area contributed by atoms with E-state index in [2.05, 4.69) is 30.1 Å². The van der Waals surface area contributed by atoms with Gasteiger partial charge in [-0.2, -0.15) is 0 Å². The van der Waals surface area contributed by atoms with Gasteiger partial charge in [0.05, 0.1) is 21.1 Å². The molecule has 1 atom stereocenters. The summed E-state index contributed by atoms with van der Waals surface area (Å²) < 4.78 is 1.18. The number of fused-ring (bicyclic) bond motifs is 1. The first-order valence-electron chi connectivity index (χ1n) is 6.37. The molecule has 0 bridgehead atoms. The number of hydrogen-bond donors (Lipinski definition) is 0. The maximum absolute atomic E-state index is 12.5. The highest BCUT2D eigenvalue weighted by atomic mass is 32.1. The maximum atomic E-state index is 12.5. The summed E-state index contributed by atoms with van der Waals surface area (Å²) >= 11 is 1.63. The Morgan fingerprint density at radius 3 is 2.78 bits per heavy atom. The molecule has 0 saturated heterocycles. The van der Waals surface area contributed by atoms with Crippen LogP contribution in [0.5, 0.6) is 0 Å². The normalized spacial score (nSPS) is 14.9. The van der Waals surface area contributed by atoms with Crippen LogP contribution in [0.3, 0.4) is 0 Å². The minimum Gasteiger partial charge on any atom is -0.298 e. The van der Waals surface area contributed by atoms with Crippen molar-refractivity contribution >= 4 is 27.3 Å². The van der Waals surface area contributed by atoms with Crippen molar-refractivity contribution in [3.63, 3.8) is 0 Å². The Bertz CT molecular complexity index is 573. The first-order chi connectivity index (χ1) is 8.49. The Morgan fingerprint density at radius 1 is 1.44 bits per heavy atom. The molecular formula is C15H19NOS. The molecule has 0 fully saturated rings. The molecule has 0 aliphatic rings. The first kappa shape index (κ1) is 13.2. The predicted molar refractivity (Wildman–Crippen MR) is 77.1 cm³/mol. The number of nitrogens with zero attached hydrogens (tertiary/aromatic N) is 1. The van der Waals surface area contributed by atoms with E-state index >= 15 is 0 Å². The number of carbonyl (C=O) groups is 1. The SMILES string of the molecule is CCC(C)(C(=O)C(C)C)c1ccc2scnc2c1. The van der Waals surface area contributed by atoms with E-state index in [9.17, 15) is 4.79 Å².